The molecule has 0 heterocycles. The molecule has 1 aromatic carbocycles. The zero-order valence-electron chi connectivity index (χ0n) is 7.39. The Hall–Kier alpha value is -1.25. The van der Waals surface area contributed by atoms with Gasteiger partial charge in [-0.2, -0.15) is 0 Å². The SMILES string of the molecule is Nc1cc(F)cc(NC2CCC2)c1. The largest absolute Gasteiger partial charge is 0.399 e. The Kier molecular flexibility index (Phi) is 2.08. The molecule has 1 saturated carbocycles. The van der Waals surface area contributed by atoms with Gasteiger partial charge in [0, 0.05) is 17.4 Å². The first-order valence-electron chi connectivity index (χ1n) is 4.56. The normalized spacial score (nSPS) is 16.7. The number of nitrogens with one attached hydrogen (secondary N) is 1. The summed E-state index contributed by atoms with van der Waals surface area (Å²) in [5.74, 6) is -0.276. The molecule has 0 atom stereocenters. The monoisotopic (exact) mass is 180 g/mol. The van der Waals surface area contributed by atoms with Crippen LogP contribution >= 0.6 is 0 Å². The van der Waals surface area contributed by atoms with Crippen LogP contribution in [0.4, 0.5) is 15.8 Å². The molecule has 1 fully saturated rings. The molecule has 70 valence electrons. The van der Waals surface area contributed by atoms with Gasteiger partial charge in [-0.15, -0.1) is 0 Å². The van der Waals surface area contributed by atoms with Crippen LogP contribution in [0.1, 0.15) is 19.3 Å². The van der Waals surface area contributed by atoms with Crippen LogP contribution < -0.4 is 11.1 Å². The van der Waals surface area contributed by atoms with Gasteiger partial charge in [-0.3, -0.25) is 0 Å². The number of nitrogen functional groups attached to an aromatic ring is 1. The molecule has 1 aliphatic carbocycles. The van der Waals surface area contributed by atoms with Crippen LogP contribution in [0, 0.1) is 5.82 Å². The van der Waals surface area contributed by atoms with E-state index in [1.807, 2.05) is 0 Å². The third-order valence-electron chi connectivity index (χ3n) is 2.40. The average Bonchev–Trinajstić information content (AvgIpc) is 1.95. The quantitative estimate of drug-likeness (QED) is 0.686. The molecule has 2 nitrogen and oxygen atoms in total. The predicted octanol–water partition coefficient (Wildman–Crippen LogP) is 2.37. The molecule has 0 aromatic heterocycles. The Morgan fingerprint density at radius 3 is 2.62 bits per heavy atom. The summed E-state index contributed by atoms with van der Waals surface area (Å²) in [6, 6.07) is 5.09. The van der Waals surface area contributed by atoms with Crippen molar-refractivity contribution in [3.05, 3.63) is 24.0 Å². The summed E-state index contributed by atoms with van der Waals surface area (Å²) in [4.78, 5) is 0. The Labute approximate surface area is 76.9 Å². The van der Waals surface area contributed by atoms with Crippen molar-refractivity contribution in [3.63, 3.8) is 0 Å². The number of hydrogen-bond donors (Lipinski definition) is 2. The Balaban J connectivity index is 2.10. The Morgan fingerprint density at radius 2 is 2.08 bits per heavy atom. The number of nitrogens with two attached hydrogens (primary N) is 1. The second-order valence-electron chi connectivity index (χ2n) is 3.55. The van der Waals surface area contributed by atoms with Gasteiger partial charge in [-0.25, -0.2) is 4.39 Å². The fourth-order valence-electron chi connectivity index (χ4n) is 1.48. The fraction of sp³-hybridized carbons (Fsp3) is 0.400. The van der Waals surface area contributed by atoms with Crippen LogP contribution in [0.15, 0.2) is 18.2 Å². The maximum absolute atomic E-state index is 12.9. The van der Waals surface area contributed by atoms with E-state index in [0.29, 0.717) is 11.7 Å². The van der Waals surface area contributed by atoms with Crippen molar-refractivity contribution in [2.75, 3.05) is 11.1 Å². The zero-order chi connectivity index (χ0) is 9.26. The summed E-state index contributed by atoms with van der Waals surface area (Å²) >= 11 is 0. The van der Waals surface area contributed by atoms with Crippen molar-refractivity contribution < 1.29 is 4.39 Å². The van der Waals surface area contributed by atoms with E-state index >= 15 is 0 Å². The second-order valence-corrected chi connectivity index (χ2v) is 3.55. The van der Waals surface area contributed by atoms with Crippen LogP contribution in [0.2, 0.25) is 0 Å². The average molecular weight is 180 g/mol. The second kappa shape index (κ2) is 3.24. The molecule has 1 aromatic rings. The highest BCUT2D eigenvalue weighted by Crippen LogP contribution is 2.24. The van der Waals surface area contributed by atoms with Gasteiger partial charge in [0.25, 0.3) is 0 Å². The van der Waals surface area contributed by atoms with E-state index in [1.165, 1.54) is 31.4 Å². The van der Waals surface area contributed by atoms with E-state index in [9.17, 15) is 4.39 Å². The van der Waals surface area contributed by atoms with E-state index in [4.69, 9.17) is 5.73 Å². The van der Waals surface area contributed by atoms with Crippen molar-refractivity contribution >= 4 is 11.4 Å². The molecule has 0 bridgehead atoms. The maximum Gasteiger partial charge on any atom is 0.127 e. The lowest BCUT2D eigenvalue weighted by molar-refractivity contribution is 0.445. The molecule has 1 aliphatic rings. The first-order chi connectivity index (χ1) is 6.24. The molecular formula is C10H13FN2. The van der Waals surface area contributed by atoms with E-state index in [0.717, 1.165) is 5.69 Å². The van der Waals surface area contributed by atoms with Gasteiger partial charge < -0.3 is 11.1 Å². The first-order valence-corrected chi connectivity index (χ1v) is 4.56. The van der Waals surface area contributed by atoms with Crippen molar-refractivity contribution in [3.8, 4) is 0 Å². The number of anilines is 2. The van der Waals surface area contributed by atoms with Gasteiger partial charge in [0.05, 0.1) is 0 Å². The van der Waals surface area contributed by atoms with Gasteiger partial charge in [0.1, 0.15) is 5.82 Å². The molecule has 0 aliphatic heterocycles. The summed E-state index contributed by atoms with van der Waals surface area (Å²) in [6.45, 7) is 0. The molecule has 0 amide bonds. The Morgan fingerprint density at radius 1 is 1.31 bits per heavy atom. The molecule has 0 radical (unpaired) electrons. The van der Waals surface area contributed by atoms with Gasteiger partial charge in [0.15, 0.2) is 0 Å². The zero-order valence-corrected chi connectivity index (χ0v) is 7.39. The van der Waals surface area contributed by atoms with Crippen LogP contribution in [0.5, 0.6) is 0 Å². The standard InChI is InChI=1S/C10H13FN2/c11-7-4-8(12)6-10(5-7)13-9-2-1-3-9/h4-6,9,13H,1-3,12H2. The topological polar surface area (TPSA) is 38.0 Å². The molecule has 2 rings (SSSR count). The fourth-order valence-corrected chi connectivity index (χ4v) is 1.48. The summed E-state index contributed by atoms with van der Waals surface area (Å²) in [5.41, 5.74) is 6.78. The van der Waals surface area contributed by atoms with E-state index in [1.54, 1.807) is 6.07 Å². The predicted molar refractivity (Wildman–Crippen MR) is 52.1 cm³/mol. The lowest BCUT2D eigenvalue weighted by atomic mass is 9.93. The summed E-state index contributed by atoms with van der Waals surface area (Å²) in [7, 11) is 0. The smallest absolute Gasteiger partial charge is 0.127 e. The van der Waals surface area contributed by atoms with Crippen molar-refractivity contribution in [1.29, 1.82) is 0 Å². The van der Waals surface area contributed by atoms with E-state index in [2.05, 4.69) is 5.32 Å². The first kappa shape index (κ1) is 8.35. The number of benzene rings is 1. The molecular weight excluding hydrogens is 167 g/mol. The van der Waals surface area contributed by atoms with E-state index < -0.39 is 0 Å². The molecule has 0 unspecified atom stereocenters. The van der Waals surface area contributed by atoms with Crippen molar-refractivity contribution in [2.24, 2.45) is 0 Å². The summed E-state index contributed by atoms with van der Waals surface area (Å²) in [5, 5.41) is 3.24. The molecule has 0 saturated heterocycles. The lowest BCUT2D eigenvalue weighted by Crippen LogP contribution is -2.26. The molecule has 0 spiro atoms. The Bertz CT molecular complexity index is 288. The highest BCUT2D eigenvalue weighted by Gasteiger charge is 2.16. The van der Waals surface area contributed by atoms with E-state index in [-0.39, 0.29) is 5.82 Å². The number of hydrogen-bond acceptors (Lipinski definition) is 2. The summed E-state index contributed by atoms with van der Waals surface area (Å²) < 4.78 is 12.9. The minimum atomic E-state index is -0.276. The summed E-state index contributed by atoms with van der Waals surface area (Å²) in [6.07, 6.45) is 3.62. The minimum absolute atomic E-state index is 0.276. The van der Waals surface area contributed by atoms with Crippen molar-refractivity contribution in [1.82, 2.24) is 0 Å². The van der Waals surface area contributed by atoms with Gasteiger partial charge >= 0.3 is 0 Å². The molecule has 3 N–H and O–H groups in total. The maximum atomic E-state index is 12.9. The third-order valence-corrected chi connectivity index (χ3v) is 2.40. The van der Waals surface area contributed by atoms with Gasteiger partial charge in [-0.1, -0.05) is 0 Å². The molecule has 13 heavy (non-hydrogen) atoms. The molecule has 3 heteroatoms. The van der Waals surface area contributed by atoms with Crippen LogP contribution in [-0.4, -0.2) is 6.04 Å². The highest BCUT2D eigenvalue weighted by molar-refractivity contribution is 5.55. The van der Waals surface area contributed by atoms with Crippen LogP contribution in [0.3, 0.4) is 0 Å². The van der Waals surface area contributed by atoms with Crippen LogP contribution in [0.25, 0.3) is 0 Å². The van der Waals surface area contributed by atoms with Gasteiger partial charge in [0.2, 0.25) is 0 Å². The third kappa shape index (κ3) is 1.91. The lowest BCUT2D eigenvalue weighted by Gasteiger charge is -2.27. The number of halogens is 1. The highest BCUT2D eigenvalue weighted by atomic mass is 19.1. The van der Waals surface area contributed by atoms with Gasteiger partial charge in [-0.05, 0) is 37.5 Å². The number of rotatable bonds is 2. The van der Waals surface area contributed by atoms with Crippen LogP contribution in [-0.2, 0) is 0 Å². The van der Waals surface area contributed by atoms with Crippen molar-refractivity contribution in [2.45, 2.75) is 25.3 Å². The minimum Gasteiger partial charge on any atom is -0.399 e.